The van der Waals surface area contributed by atoms with E-state index in [1.54, 1.807) is 11.3 Å². The third-order valence-corrected chi connectivity index (χ3v) is 5.14. The van der Waals surface area contributed by atoms with Crippen molar-refractivity contribution >= 4 is 33.2 Å². The average molecular weight is 331 g/mol. The van der Waals surface area contributed by atoms with Gasteiger partial charge in [-0.15, -0.1) is 11.3 Å². The van der Waals surface area contributed by atoms with Crippen LogP contribution >= 0.6 is 27.3 Å². The molecule has 1 fully saturated rings. The van der Waals surface area contributed by atoms with Crippen LogP contribution in [0.2, 0.25) is 0 Å². The molecule has 1 aromatic rings. The molecule has 1 aromatic heterocycles. The molecule has 1 aliphatic heterocycles. The minimum absolute atomic E-state index is 0.228. The smallest absolute Gasteiger partial charge is 0.225 e. The van der Waals surface area contributed by atoms with Gasteiger partial charge in [0.2, 0.25) is 5.91 Å². The summed E-state index contributed by atoms with van der Waals surface area (Å²) in [5.41, 5.74) is 0. The van der Waals surface area contributed by atoms with Crippen molar-refractivity contribution in [3.05, 3.63) is 20.8 Å². The number of halogens is 1. The van der Waals surface area contributed by atoms with Crippen molar-refractivity contribution in [2.24, 2.45) is 5.92 Å². The van der Waals surface area contributed by atoms with Crippen molar-refractivity contribution in [1.29, 1.82) is 0 Å². The van der Waals surface area contributed by atoms with Crippen LogP contribution in [0.15, 0.2) is 15.9 Å². The van der Waals surface area contributed by atoms with E-state index in [0.29, 0.717) is 5.91 Å². The summed E-state index contributed by atoms with van der Waals surface area (Å²) >= 11 is 5.20. The van der Waals surface area contributed by atoms with Crippen molar-refractivity contribution in [3.8, 4) is 0 Å². The van der Waals surface area contributed by atoms with Gasteiger partial charge in [0.25, 0.3) is 0 Å². The molecule has 1 amide bonds. The highest BCUT2D eigenvalue weighted by atomic mass is 79.9. The predicted octanol–water partition coefficient (Wildman–Crippen LogP) is 2.51. The van der Waals surface area contributed by atoms with Crippen molar-refractivity contribution < 1.29 is 4.79 Å². The fourth-order valence-corrected chi connectivity index (χ4v) is 3.70. The van der Waals surface area contributed by atoms with Crippen molar-refractivity contribution in [2.75, 3.05) is 26.7 Å². The Morgan fingerprint density at radius 3 is 2.89 bits per heavy atom. The molecule has 0 radical (unpaired) electrons. The third kappa shape index (κ3) is 3.80. The lowest BCUT2D eigenvalue weighted by atomic mass is 9.97. The second-order valence-corrected chi connectivity index (χ2v) is 6.68. The second kappa shape index (κ2) is 6.68. The van der Waals surface area contributed by atoms with Crippen molar-refractivity contribution in [3.63, 3.8) is 0 Å². The molecule has 1 aliphatic rings. The van der Waals surface area contributed by atoms with Gasteiger partial charge in [-0.2, -0.15) is 0 Å². The topological polar surface area (TPSA) is 32.3 Å². The highest BCUT2D eigenvalue weighted by Gasteiger charge is 2.23. The normalized spacial score (nSPS) is 16.8. The van der Waals surface area contributed by atoms with Crippen LogP contribution in [-0.4, -0.2) is 37.5 Å². The first kappa shape index (κ1) is 14.0. The summed E-state index contributed by atoms with van der Waals surface area (Å²) in [6, 6.07) is 2.13. The molecule has 18 heavy (non-hydrogen) atoms. The Labute approximate surface area is 121 Å². The van der Waals surface area contributed by atoms with E-state index in [4.69, 9.17) is 0 Å². The zero-order chi connectivity index (χ0) is 13.0. The van der Waals surface area contributed by atoms with Gasteiger partial charge in [0.1, 0.15) is 0 Å². The minimum Gasteiger partial charge on any atom is -0.345 e. The lowest BCUT2D eigenvalue weighted by Crippen LogP contribution is -2.39. The monoisotopic (exact) mass is 330 g/mol. The standard InChI is InChI=1S/C13H19BrN2OS/c1-16(7-4-12-8-11(14)9-18-12)13(17)10-2-5-15-6-3-10/h8-10,15H,2-7H2,1H3. The summed E-state index contributed by atoms with van der Waals surface area (Å²) in [5, 5.41) is 5.38. The number of hydrogen-bond donors (Lipinski definition) is 1. The Balaban J connectivity index is 1.79. The van der Waals surface area contributed by atoms with E-state index in [2.05, 4.69) is 32.7 Å². The van der Waals surface area contributed by atoms with Crippen LogP contribution in [0, 0.1) is 5.92 Å². The Bertz CT molecular complexity index is 401. The molecule has 1 saturated heterocycles. The number of nitrogens with zero attached hydrogens (tertiary/aromatic N) is 1. The van der Waals surface area contributed by atoms with Gasteiger partial charge in [-0.05, 0) is 54.3 Å². The fourth-order valence-electron chi connectivity index (χ4n) is 2.25. The van der Waals surface area contributed by atoms with Crippen LogP contribution in [0.5, 0.6) is 0 Å². The Kier molecular flexibility index (Phi) is 5.21. The summed E-state index contributed by atoms with van der Waals surface area (Å²) < 4.78 is 1.13. The number of nitrogens with one attached hydrogen (secondary N) is 1. The van der Waals surface area contributed by atoms with E-state index in [9.17, 15) is 4.79 Å². The lowest BCUT2D eigenvalue weighted by molar-refractivity contribution is -0.134. The number of carbonyl (C=O) groups is 1. The number of rotatable bonds is 4. The van der Waals surface area contributed by atoms with E-state index < -0.39 is 0 Å². The molecule has 0 saturated carbocycles. The molecule has 0 spiro atoms. The first-order valence-corrected chi connectivity index (χ1v) is 8.02. The second-order valence-electron chi connectivity index (χ2n) is 4.77. The minimum atomic E-state index is 0.228. The van der Waals surface area contributed by atoms with E-state index in [1.807, 2.05) is 11.9 Å². The van der Waals surface area contributed by atoms with Gasteiger partial charge in [-0.25, -0.2) is 0 Å². The summed E-state index contributed by atoms with van der Waals surface area (Å²) in [5.74, 6) is 0.540. The maximum Gasteiger partial charge on any atom is 0.225 e. The van der Waals surface area contributed by atoms with Gasteiger partial charge in [0.15, 0.2) is 0 Å². The molecular formula is C13H19BrN2OS. The van der Waals surface area contributed by atoms with Crippen LogP contribution in [0.3, 0.4) is 0 Å². The maximum absolute atomic E-state index is 12.2. The number of carbonyl (C=O) groups excluding carboxylic acids is 1. The molecule has 0 aliphatic carbocycles. The summed E-state index contributed by atoms with van der Waals surface area (Å²) in [6.07, 6.45) is 2.91. The fraction of sp³-hybridized carbons (Fsp3) is 0.615. The molecule has 2 rings (SSSR count). The lowest BCUT2D eigenvalue weighted by Gasteiger charge is -2.26. The van der Waals surface area contributed by atoms with Crippen LogP contribution in [0.4, 0.5) is 0 Å². The maximum atomic E-state index is 12.2. The van der Waals surface area contributed by atoms with Crippen molar-refractivity contribution in [1.82, 2.24) is 10.2 Å². The number of hydrogen-bond acceptors (Lipinski definition) is 3. The zero-order valence-corrected chi connectivity index (χ0v) is 13.0. The van der Waals surface area contributed by atoms with Gasteiger partial charge in [0.05, 0.1) is 0 Å². The zero-order valence-electron chi connectivity index (χ0n) is 10.6. The van der Waals surface area contributed by atoms with E-state index in [1.165, 1.54) is 4.88 Å². The SMILES string of the molecule is CN(CCc1cc(Br)cs1)C(=O)C1CCNCC1. The molecule has 0 unspecified atom stereocenters. The number of piperidine rings is 1. The van der Waals surface area contributed by atoms with Gasteiger partial charge >= 0.3 is 0 Å². The van der Waals surface area contributed by atoms with Gasteiger partial charge in [-0.3, -0.25) is 4.79 Å². The quantitative estimate of drug-likeness (QED) is 0.919. The summed E-state index contributed by atoms with van der Waals surface area (Å²) in [6.45, 7) is 2.76. The largest absolute Gasteiger partial charge is 0.345 e. The molecule has 0 atom stereocenters. The molecule has 3 nitrogen and oxygen atoms in total. The van der Waals surface area contributed by atoms with Crippen LogP contribution in [0.25, 0.3) is 0 Å². The van der Waals surface area contributed by atoms with Crippen molar-refractivity contribution in [2.45, 2.75) is 19.3 Å². The highest BCUT2D eigenvalue weighted by molar-refractivity contribution is 9.10. The van der Waals surface area contributed by atoms with Crippen LogP contribution in [-0.2, 0) is 11.2 Å². The molecule has 2 heterocycles. The number of amides is 1. The first-order valence-electron chi connectivity index (χ1n) is 6.35. The van der Waals surface area contributed by atoms with Gasteiger partial charge in [0, 0.05) is 34.2 Å². The molecule has 100 valence electrons. The molecule has 0 aromatic carbocycles. The summed E-state index contributed by atoms with van der Waals surface area (Å²) in [4.78, 5) is 15.4. The predicted molar refractivity (Wildman–Crippen MR) is 79.0 cm³/mol. The van der Waals surface area contributed by atoms with Gasteiger partial charge in [-0.1, -0.05) is 0 Å². The number of likely N-dealkylation sites (N-methyl/N-ethyl adjacent to an activating group) is 1. The van der Waals surface area contributed by atoms with E-state index in [0.717, 1.165) is 43.4 Å². The van der Waals surface area contributed by atoms with E-state index >= 15 is 0 Å². The number of thiophene rings is 1. The van der Waals surface area contributed by atoms with Gasteiger partial charge < -0.3 is 10.2 Å². The first-order chi connectivity index (χ1) is 8.66. The Morgan fingerprint density at radius 1 is 1.56 bits per heavy atom. The molecular weight excluding hydrogens is 312 g/mol. The average Bonchev–Trinajstić information content (AvgIpc) is 2.82. The third-order valence-electron chi connectivity index (χ3n) is 3.38. The Morgan fingerprint density at radius 2 is 2.28 bits per heavy atom. The molecule has 1 N–H and O–H groups in total. The van der Waals surface area contributed by atoms with E-state index in [-0.39, 0.29) is 5.92 Å². The molecule has 0 bridgehead atoms. The highest BCUT2D eigenvalue weighted by Crippen LogP contribution is 2.21. The van der Waals surface area contributed by atoms with Crippen LogP contribution < -0.4 is 5.32 Å². The van der Waals surface area contributed by atoms with Crippen LogP contribution in [0.1, 0.15) is 17.7 Å². The molecule has 5 heteroatoms. The summed E-state index contributed by atoms with van der Waals surface area (Å²) in [7, 11) is 1.92. The Hall–Kier alpha value is -0.390.